The van der Waals surface area contributed by atoms with Crippen LogP contribution in [0.1, 0.15) is 37.7 Å². The zero-order valence-corrected chi connectivity index (χ0v) is 14.5. The van der Waals surface area contributed by atoms with Crippen LogP contribution in [0, 0.1) is 12.8 Å². The van der Waals surface area contributed by atoms with Crippen LogP contribution in [0.5, 0.6) is 0 Å². The minimum atomic E-state index is 0.403. The molecule has 1 atom stereocenters. The van der Waals surface area contributed by atoms with Crippen LogP contribution in [0.15, 0.2) is 18.2 Å². The Bertz CT molecular complexity index is 591. The van der Waals surface area contributed by atoms with Crippen molar-refractivity contribution in [2.24, 2.45) is 5.92 Å². The summed E-state index contributed by atoms with van der Waals surface area (Å²) in [6.45, 7) is 7.66. The number of alkyl halides is 1. The summed E-state index contributed by atoms with van der Waals surface area (Å²) in [5.74, 6) is 2.07. The molecule has 1 unspecified atom stereocenters. The maximum atomic E-state index is 6.18. The zero-order valence-electron chi connectivity index (χ0n) is 13.7. The smallest absolute Gasteiger partial charge is 0.125 e. The maximum Gasteiger partial charge on any atom is 0.125 e. The summed E-state index contributed by atoms with van der Waals surface area (Å²) in [5.41, 5.74) is 3.50. The van der Waals surface area contributed by atoms with Gasteiger partial charge in [0.25, 0.3) is 0 Å². The van der Waals surface area contributed by atoms with Crippen molar-refractivity contribution in [3.8, 4) is 0 Å². The van der Waals surface area contributed by atoms with E-state index < -0.39 is 0 Å². The second-order valence-electron chi connectivity index (χ2n) is 6.52. The molecule has 2 aromatic rings. The lowest BCUT2D eigenvalue weighted by atomic mass is 10.0. The lowest BCUT2D eigenvalue weighted by Crippen LogP contribution is -2.26. The highest BCUT2D eigenvalue weighted by Gasteiger charge is 2.21. The number of halogens is 1. The minimum absolute atomic E-state index is 0.403. The molecule has 1 heterocycles. The van der Waals surface area contributed by atoms with Crippen LogP contribution >= 0.6 is 11.6 Å². The average molecular weight is 308 g/mol. The van der Waals surface area contributed by atoms with Gasteiger partial charge in [-0.05, 0) is 45.0 Å². The van der Waals surface area contributed by atoms with Crippen LogP contribution in [-0.4, -0.2) is 35.1 Å². The summed E-state index contributed by atoms with van der Waals surface area (Å²) >= 11 is 6.18. The number of aromatic nitrogens is 2. The fourth-order valence-electron chi connectivity index (χ4n) is 3.03. The summed E-state index contributed by atoms with van der Waals surface area (Å²) in [6.07, 6.45) is 1.13. The third-order valence-electron chi connectivity index (χ3n) is 3.80. The Hall–Kier alpha value is -1.06. The van der Waals surface area contributed by atoms with Crippen LogP contribution in [0.2, 0.25) is 0 Å². The van der Waals surface area contributed by atoms with Crippen molar-refractivity contribution in [3.05, 3.63) is 29.6 Å². The highest BCUT2D eigenvalue weighted by molar-refractivity contribution is 6.16. The van der Waals surface area contributed by atoms with Gasteiger partial charge in [0.05, 0.1) is 16.9 Å². The average Bonchev–Trinajstić information content (AvgIpc) is 2.76. The summed E-state index contributed by atoms with van der Waals surface area (Å²) in [4.78, 5) is 7.02. The molecule has 0 N–H and O–H groups in total. The van der Waals surface area contributed by atoms with E-state index in [1.54, 1.807) is 0 Å². The predicted molar refractivity (Wildman–Crippen MR) is 91.1 cm³/mol. The molecule has 0 fully saturated rings. The second-order valence-corrected chi connectivity index (χ2v) is 6.79. The van der Waals surface area contributed by atoms with Gasteiger partial charge in [-0.15, -0.1) is 11.6 Å². The Balaban J connectivity index is 2.56. The van der Waals surface area contributed by atoms with E-state index >= 15 is 0 Å². The molecule has 3 nitrogen and oxygen atoms in total. The Labute approximate surface area is 132 Å². The molecule has 0 aliphatic rings. The van der Waals surface area contributed by atoms with Crippen molar-refractivity contribution in [1.82, 2.24) is 14.5 Å². The molecule has 1 aromatic heterocycles. The molecule has 0 aliphatic heterocycles. The van der Waals surface area contributed by atoms with Crippen LogP contribution in [0.25, 0.3) is 11.0 Å². The molecule has 116 valence electrons. The number of aryl methyl sites for hydroxylation is 1. The fraction of sp³-hybridized carbons (Fsp3) is 0.588. The molecular weight excluding hydrogens is 282 g/mol. The Morgan fingerprint density at radius 2 is 2.00 bits per heavy atom. The van der Waals surface area contributed by atoms with Gasteiger partial charge in [-0.25, -0.2) is 4.98 Å². The molecule has 2 rings (SSSR count). The number of hydrogen-bond acceptors (Lipinski definition) is 2. The number of para-hydroxylation sites is 1. The van der Waals surface area contributed by atoms with E-state index in [4.69, 9.17) is 16.6 Å². The van der Waals surface area contributed by atoms with Gasteiger partial charge in [-0.1, -0.05) is 26.0 Å². The van der Waals surface area contributed by atoms with Gasteiger partial charge in [-0.3, -0.25) is 0 Å². The Morgan fingerprint density at radius 3 is 2.57 bits per heavy atom. The van der Waals surface area contributed by atoms with Gasteiger partial charge < -0.3 is 9.47 Å². The quantitative estimate of drug-likeness (QED) is 0.745. The van der Waals surface area contributed by atoms with Gasteiger partial charge >= 0.3 is 0 Å². The number of benzene rings is 1. The first kappa shape index (κ1) is 16.3. The highest BCUT2D eigenvalue weighted by atomic mass is 35.5. The van der Waals surface area contributed by atoms with Crippen LogP contribution in [0.4, 0.5) is 0 Å². The monoisotopic (exact) mass is 307 g/mol. The summed E-state index contributed by atoms with van der Waals surface area (Å²) in [7, 11) is 4.25. The number of likely N-dealkylation sites (N-methyl/N-ethyl adjacent to an activating group) is 1. The summed E-state index contributed by atoms with van der Waals surface area (Å²) in [5, 5.41) is 0. The Morgan fingerprint density at radius 1 is 1.29 bits per heavy atom. The molecule has 4 heteroatoms. The van der Waals surface area contributed by atoms with E-state index in [0.717, 1.165) is 24.3 Å². The van der Waals surface area contributed by atoms with E-state index in [9.17, 15) is 0 Å². The normalized spacial score (nSPS) is 13.5. The standard InChI is InChI=1S/C17H26ClN3/c1-12(2)9-14(11-20(4)5)21-15-8-6-7-13(3)17(15)19-16(21)10-18/h6-8,12,14H,9-11H2,1-5H3. The minimum Gasteiger partial charge on any atom is -0.323 e. The topological polar surface area (TPSA) is 21.1 Å². The molecule has 0 spiro atoms. The summed E-state index contributed by atoms with van der Waals surface area (Å²) < 4.78 is 2.36. The highest BCUT2D eigenvalue weighted by Crippen LogP contribution is 2.28. The number of fused-ring (bicyclic) bond motifs is 1. The Kier molecular flexibility index (Phi) is 5.28. The lowest BCUT2D eigenvalue weighted by Gasteiger charge is -2.26. The van der Waals surface area contributed by atoms with Crippen LogP contribution in [0.3, 0.4) is 0 Å². The first-order chi connectivity index (χ1) is 9.93. The SMILES string of the molecule is Cc1cccc2c1nc(CCl)n2C(CC(C)C)CN(C)C. The van der Waals surface area contributed by atoms with E-state index in [1.807, 2.05) is 0 Å². The number of hydrogen-bond donors (Lipinski definition) is 0. The second kappa shape index (κ2) is 6.80. The van der Waals surface area contributed by atoms with Crippen molar-refractivity contribution in [3.63, 3.8) is 0 Å². The molecule has 0 saturated carbocycles. The number of imidazole rings is 1. The van der Waals surface area contributed by atoms with Crippen molar-refractivity contribution in [2.75, 3.05) is 20.6 Å². The van der Waals surface area contributed by atoms with E-state index in [2.05, 4.69) is 62.5 Å². The first-order valence-corrected chi connectivity index (χ1v) is 8.14. The third-order valence-corrected chi connectivity index (χ3v) is 4.04. The van der Waals surface area contributed by atoms with Crippen molar-refractivity contribution in [1.29, 1.82) is 0 Å². The first-order valence-electron chi connectivity index (χ1n) is 7.61. The number of rotatable bonds is 6. The molecule has 0 bridgehead atoms. The van der Waals surface area contributed by atoms with E-state index in [1.165, 1.54) is 11.1 Å². The number of nitrogens with zero attached hydrogens (tertiary/aromatic N) is 3. The van der Waals surface area contributed by atoms with Gasteiger partial charge in [0.15, 0.2) is 0 Å². The molecule has 0 saturated heterocycles. The molecule has 0 aliphatic carbocycles. The largest absolute Gasteiger partial charge is 0.323 e. The fourth-order valence-corrected chi connectivity index (χ4v) is 3.22. The molecular formula is C17H26ClN3. The van der Waals surface area contributed by atoms with Gasteiger partial charge in [0, 0.05) is 12.6 Å². The van der Waals surface area contributed by atoms with Gasteiger partial charge in [-0.2, -0.15) is 0 Å². The maximum absolute atomic E-state index is 6.18. The zero-order chi connectivity index (χ0) is 15.6. The lowest BCUT2D eigenvalue weighted by molar-refractivity contribution is 0.289. The molecule has 0 amide bonds. The van der Waals surface area contributed by atoms with Crippen LogP contribution < -0.4 is 0 Å². The van der Waals surface area contributed by atoms with Gasteiger partial charge in [0.2, 0.25) is 0 Å². The van der Waals surface area contributed by atoms with E-state index in [-0.39, 0.29) is 0 Å². The molecule has 1 aromatic carbocycles. The third kappa shape index (κ3) is 3.58. The molecule has 21 heavy (non-hydrogen) atoms. The predicted octanol–water partition coefficient (Wildman–Crippen LogP) is 4.23. The van der Waals surface area contributed by atoms with Gasteiger partial charge in [0.1, 0.15) is 5.82 Å². The van der Waals surface area contributed by atoms with Crippen molar-refractivity contribution >= 4 is 22.6 Å². The van der Waals surface area contributed by atoms with Crippen molar-refractivity contribution in [2.45, 2.75) is 39.1 Å². The van der Waals surface area contributed by atoms with Crippen LogP contribution in [-0.2, 0) is 5.88 Å². The molecule has 0 radical (unpaired) electrons. The summed E-state index contributed by atoms with van der Waals surface area (Å²) in [6, 6.07) is 6.78. The van der Waals surface area contributed by atoms with E-state index in [0.29, 0.717) is 17.8 Å². The van der Waals surface area contributed by atoms with Crippen molar-refractivity contribution < 1.29 is 0 Å².